The molecule has 1 atom stereocenters. The Morgan fingerprint density at radius 2 is 1.87 bits per heavy atom. The molecule has 0 saturated carbocycles. The number of furan rings is 1. The van der Waals surface area contributed by atoms with E-state index in [4.69, 9.17) is 4.42 Å². The molecule has 3 heterocycles. The SMILES string of the molecule is Cn1c(-c2ccc([N+](=O)[O-])cc2)cnc1C(Cc1ccccn1)NC(=O)c1cc2cc(C(F)(F)F)ccc2o1. The monoisotopic (exact) mass is 535 g/mol. The molecule has 0 bridgehead atoms. The van der Waals surface area contributed by atoms with Gasteiger partial charge in [0.25, 0.3) is 11.6 Å². The van der Waals surface area contributed by atoms with E-state index in [1.807, 2.05) is 0 Å². The Hall–Kier alpha value is -5.00. The lowest BCUT2D eigenvalue weighted by atomic mass is 10.1. The lowest BCUT2D eigenvalue weighted by Gasteiger charge is -2.18. The molecule has 198 valence electrons. The number of nitrogens with one attached hydrogen (secondary N) is 1. The number of amides is 1. The molecule has 0 radical (unpaired) electrons. The molecule has 0 aliphatic carbocycles. The molecular weight excluding hydrogens is 515 g/mol. The van der Waals surface area contributed by atoms with Crippen LogP contribution in [0.25, 0.3) is 22.2 Å². The van der Waals surface area contributed by atoms with Crippen molar-refractivity contribution in [2.24, 2.45) is 7.05 Å². The van der Waals surface area contributed by atoms with E-state index in [-0.39, 0.29) is 28.8 Å². The van der Waals surface area contributed by atoms with Gasteiger partial charge >= 0.3 is 6.18 Å². The first-order valence-electron chi connectivity index (χ1n) is 11.7. The van der Waals surface area contributed by atoms with Gasteiger partial charge in [0.15, 0.2) is 5.76 Å². The van der Waals surface area contributed by atoms with E-state index in [0.717, 1.165) is 12.1 Å². The Kier molecular flexibility index (Phi) is 6.60. The summed E-state index contributed by atoms with van der Waals surface area (Å²) in [6.45, 7) is 0. The molecule has 5 rings (SSSR count). The van der Waals surface area contributed by atoms with Gasteiger partial charge in [0, 0.05) is 48.4 Å². The Bertz CT molecular complexity index is 1660. The second-order valence-corrected chi connectivity index (χ2v) is 8.78. The first-order chi connectivity index (χ1) is 18.6. The van der Waals surface area contributed by atoms with Crippen molar-refractivity contribution in [1.29, 1.82) is 0 Å². The molecule has 0 aliphatic rings. The average Bonchev–Trinajstić information content (AvgIpc) is 3.51. The second-order valence-electron chi connectivity index (χ2n) is 8.78. The standard InChI is InChI=1S/C27H20F3N5O4/c1-34-22(16-5-8-20(9-6-16)35(37)38)15-32-25(34)21(14-19-4-2-3-11-31-19)33-26(36)24-13-17-12-18(27(28,29)30)7-10-23(17)39-24/h2-13,15,21H,14H2,1H3,(H,33,36). The van der Waals surface area contributed by atoms with E-state index < -0.39 is 28.6 Å². The summed E-state index contributed by atoms with van der Waals surface area (Å²) >= 11 is 0. The zero-order valence-corrected chi connectivity index (χ0v) is 20.3. The predicted octanol–water partition coefficient (Wildman–Crippen LogP) is 5.87. The maximum absolute atomic E-state index is 13.2. The van der Waals surface area contributed by atoms with Gasteiger partial charge in [0.05, 0.1) is 28.4 Å². The van der Waals surface area contributed by atoms with Crippen LogP contribution in [0.5, 0.6) is 0 Å². The third-order valence-corrected chi connectivity index (χ3v) is 6.22. The summed E-state index contributed by atoms with van der Waals surface area (Å²) < 4.78 is 46.6. The van der Waals surface area contributed by atoms with Crippen LogP contribution in [0.4, 0.5) is 18.9 Å². The number of imidazole rings is 1. The summed E-state index contributed by atoms with van der Waals surface area (Å²) in [5.74, 6) is -0.321. The van der Waals surface area contributed by atoms with Crippen molar-refractivity contribution in [3.8, 4) is 11.3 Å². The topological polar surface area (TPSA) is 116 Å². The molecule has 5 aromatic rings. The van der Waals surface area contributed by atoms with Crippen molar-refractivity contribution < 1.29 is 27.3 Å². The fourth-order valence-corrected chi connectivity index (χ4v) is 4.27. The maximum Gasteiger partial charge on any atom is 0.416 e. The van der Waals surface area contributed by atoms with Crippen molar-refractivity contribution in [3.63, 3.8) is 0 Å². The highest BCUT2D eigenvalue weighted by molar-refractivity contribution is 5.96. The second kappa shape index (κ2) is 10.0. The van der Waals surface area contributed by atoms with Gasteiger partial charge in [-0.05, 0) is 48.5 Å². The number of non-ortho nitro benzene ring substituents is 1. The van der Waals surface area contributed by atoms with Crippen LogP contribution in [0.2, 0.25) is 0 Å². The summed E-state index contributed by atoms with van der Waals surface area (Å²) in [5.41, 5.74) is 1.26. The number of nitro groups is 1. The number of hydrogen-bond donors (Lipinski definition) is 1. The summed E-state index contributed by atoms with van der Waals surface area (Å²) in [6, 6.07) is 14.9. The summed E-state index contributed by atoms with van der Waals surface area (Å²) in [4.78, 5) is 32.6. The zero-order chi connectivity index (χ0) is 27.7. The number of carbonyl (C=O) groups is 1. The number of carbonyl (C=O) groups excluding carboxylic acids is 1. The number of nitro benzene ring substituents is 1. The highest BCUT2D eigenvalue weighted by Gasteiger charge is 2.31. The first kappa shape index (κ1) is 25.6. The minimum atomic E-state index is -4.53. The third-order valence-electron chi connectivity index (χ3n) is 6.22. The van der Waals surface area contributed by atoms with E-state index in [0.29, 0.717) is 22.8 Å². The number of aromatic nitrogens is 3. The van der Waals surface area contributed by atoms with Crippen molar-refractivity contribution in [2.45, 2.75) is 18.6 Å². The number of nitrogens with zero attached hydrogens (tertiary/aromatic N) is 4. The minimum Gasteiger partial charge on any atom is -0.451 e. The number of hydrogen-bond acceptors (Lipinski definition) is 6. The number of fused-ring (bicyclic) bond motifs is 1. The molecule has 2 aromatic carbocycles. The molecule has 0 aliphatic heterocycles. The van der Waals surface area contributed by atoms with E-state index in [2.05, 4.69) is 15.3 Å². The van der Waals surface area contributed by atoms with E-state index >= 15 is 0 Å². The fourth-order valence-electron chi connectivity index (χ4n) is 4.27. The van der Waals surface area contributed by atoms with Crippen LogP contribution in [-0.2, 0) is 19.6 Å². The highest BCUT2D eigenvalue weighted by atomic mass is 19.4. The van der Waals surface area contributed by atoms with Gasteiger partial charge < -0.3 is 14.3 Å². The lowest BCUT2D eigenvalue weighted by Crippen LogP contribution is -2.31. The number of pyridine rings is 1. The number of alkyl halides is 3. The quantitative estimate of drug-likeness (QED) is 0.206. The smallest absolute Gasteiger partial charge is 0.416 e. The van der Waals surface area contributed by atoms with Crippen LogP contribution in [0.1, 0.15) is 33.7 Å². The van der Waals surface area contributed by atoms with Crippen molar-refractivity contribution in [2.75, 3.05) is 0 Å². The van der Waals surface area contributed by atoms with Crippen molar-refractivity contribution >= 4 is 22.6 Å². The van der Waals surface area contributed by atoms with Crippen LogP contribution < -0.4 is 5.32 Å². The van der Waals surface area contributed by atoms with E-state index in [9.17, 15) is 28.1 Å². The Morgan fingerprint density at radius 1 is 1.10 bits per heavy atom. The van der Waals surface area contributed by atoms with Crippen LogP contribution >= 0.6 is 0 Å². The molecule has 12 heteroatoms. The van der Waals surface area contributed by atoms with Gasteiger partial charge in [0.2, 0.25) is 0 Å². The maximum atomic E-state index is 13.2. The predicted molar refractivity (Wildman–Crippen MR) is 135 cm³/mol. The molecule has 1 unspecified atom stereocenters. The van der Waals surface area contributed by atoms with Gasteiger partial charge in [0.1, 0.15) is 11.4 Å². The van der Waals surface area contributed by atoms with Crippen LogP contribution in [0.15, 0.2) is 83.5 Å². The summed E-state index contributed by atoms with van der Waals surface area (Å²) in [6.07, 6.45) is -1.06. The molecule has 0 saturated heterocycles. The number of rotatable bonds is 7. The largest absolute Gasteiger partial charge is 0.451 e. The molecule has 0 spiro atoms. The van der Waals surface area contributed by atoms with Crippen LogP contribution in [-0.4, -0.2) is 25.4 Å². The third kappa shape index (κ3) is 5.35. The lowest BCUT2D eigenvalue weighted by molar-refractivity contribution is -0.384. The van der Waals surface area contributed by atoms with Crippen LogP contribution in [0, 0.1) is 10.1 Å². The zero-order valence-electron chi connectivity index (χ0n) is 20.3. The normalized spacial score (nSPS) is 12.4. The van der Waals surface area contributed by atoms with Gasteiger partial charge in [-0.25, -0.2) is 4.98 Å². The van der Waals surface area contributed by atoms with Crippen molar-refractivity contribution in [3.05, 3.63) is 112 Å². The summed E-state index contributed by atoms with van der Waals surface area (Å²) in [7, 11) is 1.75. The molecule has 0 fully saturated rings. The Labute approximate surface area is 219 Å². The van der Waals surface area contributed by atoms with E-state index in [1.165, 1.54) is 24.3 Å². The molecule has 9 nitrogen and oxygen atoms in total. The Balaban J connectivity index is 1.46. The molecular formula is C27H20F3N5O4. The van der Waals surface area contributed by atoms with Gasteiger partial charge in [-0.15, -0.1) is 0 Å². The average molecular weight is 535 g/mol. The highest BCUT2D eigenvalue weighted by Crippen LogP contribution is 2.33. The van der Waals surface area contributed by atoms with Gasteiger partial charge in [-0.1, -0.05) is 6.07 Å². The Morgan fingerprint density at radius 3 is 2.54 bits per heavy atom. The fraction of sp³-hybridized carbons (Fsp3) is 0.148. The van der Waals surface area contributed by atoms with Gasteiger partial charge in [-0.2, -0.15) is 13.2 Å². The molecule has 1 amide bonds. The number of benzene rings is 2. The van der Waals surface area contributed by atoms with E-state index in [1.54, 1.807) is 54.3 Å². The van der Waals surface area contributed by atoms with Crippen LogP contribution in [0.3, 0.4) is 0 Å². The molecule has 39 heavy (non-hydrogen) atoms. The number of halogens is 3. The van der Waals surface area contributed by atoms with Crippen molar-refractivity contribution in [1.82, 2.24) is 19.9 Å². The summed E-state index contributed by atoms with van der Waals surface area (Å²) in [5, 5.41) is 14.0. The minimum absolute atomic E-state index is 0.0466. The molecule has 1 N–H and O–H groups in total. The van der Waals surface area contributed by atoms with Gasteiger partial charge in [-0.3, -0.25) is 19.9 Å². The molecule has 3 aromatic heterocycles. The first-order valence-corrected chi connectivity index (χ1v) is 11.7.